The monoisotopic (exact) mass is 700 g/mol. The molecule has 0 atom stereocenters. The molecule has 11 aromatic rings. The molecular weight excluding hydrogens is 669 g/mol. The summed E-state index contributed by atoms with van der Waals surface area (Å²) in [4.78, 5) is 15.3. The molecule has 0 fully saturated rings. The van der Waals surface area contributed by atoms with Crippen molar-refractivity contribution in [3.05, 3.63) is 194 Å². The van der Waals surface area contributed by atoms with Gasteiger partial charge in [0.25, 0.3) is 0 Å². The van der Waals surface area contributed by atoms with E-state index in [4.69, 9.17) is 15.0 Å². The van der Waals surface area contributed by atoms with Gasteiger partial charge in [-0.25, -0.2) is 15.0 Å². The molecular formula is C51H32N4. The predicted octanol–water partition coefficient (Wildman–Crippen LogP) is 13.1. The molecule has 0 N–H and O–H groups in total. The minimum absolute atomic E-state index is 0.619. The van der Waals surface area contributed by atoms with E-state index in [9.17, 15) is 0 Å². The lowest BCUT2D eigenvalue weighted by molar-refractivity contribution is 1.07. The summed E-state index contributed by atoms with van der Waals surface area (Å²) in [6, 6.07) is 68.8. The second kappa shape index (κ2) is 12.6. The molecule has 2 aromatic heterocycles. The molecule has 0 saturated carbocycles. The molecule has 0 bridgehead atoms. The maximum Gasteiger partial charge on any atom is 0.164 e. The van der Waals surface area contributed by atoms with Crippen molar-refractivity contribution in [2.24, 2.45) is 0 Å². The molecule has 55 heavy (non-hydrogen) atoms. The van der Waals surface area contributed by atoms with Crippen molar-refractivity contribution in [2.45, 2.75) is 0 Å². The van der Waals surface area contributed by atoms with Crippen LogP contribution in [0.25, 0.3) is 105 Å². The van der Waals surface area contributed by atoms with E-state index in [-0.39, 0.29) is 0 Å². The Bertz CT molecular complexity index is 3110. The zero-order valence-corrected chi connectivity index (χ0v) is 29.8. The number of para-hydroxylation sites is 2. The maximum atomic E-state index is 5.17. The van der Waals surface area contributed by atoms with Crippen LogP contribution in [0.5, 0.6) is 0 Å². The lowest BCUT2D eigenvalue weighted by Gasteiger charge is -2.15. The molecule has 0 aliphatic heterocycles. The maximum absolute atomic E-state index is 5.17. The molecule has 9 aromatic carbocycles. The smallest absolute Gasteiger partial charge is 0.164 e. The van der Waals surface area contributed by atoms with Crippen molar-refractivity contribution in [1.29, 1.82) is 0 Å². The molecule has 11 rings (SSSR count). The standard InChI is InChI=1S/C51H32N4/c1-3-15-33(16-4-1)49-52-50(34-17-5-2-6-18-34)54-51(53-49)37-29-36(30-38(31-37)55-47-25-13-11-23-44(47)45-24-12-14-26-48(45)55)35-27-28-43-41-21-8-7-19-39(41)40-20-9-10-22-42(40)46(43)32-35/h1-32H. The Balaban J connectivity index is 1.21. The lowest BCUT2D eigenvalue weighted by Crippen LogP contribution is -2.01. The van der Waals surface area contributed by atoms with Crippen molar-refractivity contribution in [3.8, 4) is 51.0 Å². The molecule has 0 radical (unpaired) electrons. The van der Waals surface area contributed by atoms with E-state index in [2.05, 4.69) is 162 Å². The first-order valence-corrected chi connectivity index (χ1v) is 18.6. The van der Waals surface area contributed by atoms with E-state index < -0.39 is 0 Å². The second-order valence-electron chi connectivity index (χ2n) is 14.0. The summed E-state index contributed by atoms with van der Waals surface area (Å²) in [5, 5.41) is 9.94. The van der Waals surface area contributed by atoms with Gasteiger partial charge in [-0.1, -0.05) is 158 Å². The first-order chi connectivity index (χ1) is 27.3. The molecule has 0 aliphatic carbocycles. The van der Waals surface area contributed by atoms with E-state index >= 15 is 0 Å². The van der Waals surface area contributed by atoms with Gasteiger partial charge in [-0.2, -0.15) is 0 Å². The number of rotatable bonds is 5. The fourth-order valence-corrected chi connectivity index (χ4v) is 8.26. The minimum atomic E-state index is 0.619. The van der Waals surface area contributed by atoms with E-state index in [1.807, 2.05) is 36.4 Å². The highest BCUT2D eigenvalue weighted by molar-refractivity contribution is 6.25. The average molecular weight is 701 g/mol. The topological polar surface area (TPSA) is 43.6 Å². The van der Waals surface area contributed by atoms with Crippen molar-refractivity contribution in [3.63, 3.8) is 0 Å². The minimum Gasteiger partial charge on any atom is -0.309 e. The Morgan fingerprint density at radius 2 is 0.655 bits per heavy atom. The molecule has 4 nitrogen and oxygen atoms in total. The van der Waals surface area contributed by atoms with Crippen LogP contribution in [0.4, 0.5) is 0 Å². The molecule has 2 heterocycles. The van der Waals surface area contributed by atoms with E-state index in [0.29, 0.717) is 17.5 Å². The Kier molecular flexibility index (Phi) is 7.14. The zero-order valence-electron chi connectivity index (χ0n) is 29.8. The highest BCUT2D eigenvalue weighted by Crippen LogP contribution is 2.40. The van der Waals surface area contributed by atoms with Gasteiger partial charge in [-0.15, -0.1) is 0 Å². The number of aromatic nitrogens is 4. The van der Waals surface area contributed by atoms with Gasteiger partial charge in [-0.3, -0.25) is 0 Å². The van der Waals surface area contributed by atoms with Crippen LogP contribution in [0.1, 0.15) is 0 Å². The summed E-state index contributed by atoms with van der Waals surface area (Å²) in [5.74, 6) is 1.89. The quantitative estimate of drug-likeness (QED) is 0.168. The summed E-state index contributed by atoms with van der Waals surface area (Å²) in [5.41, 5.74) is 8.33. The third-order valence-corrected chi connectivity index (χ3v) is 10.8. The molecule has 4 heteroatoms. The normalized spacial score (nSPS) is 11.6. The van der Waals surface area contributed by atoms with Crippen LogP contribution in [-0.2, 0) is 0 Å². The summed E-state index contributed by atoms with van der Waals surface area (Å²) in [6.07, 6.45) is 0. The highest BCUT2D eigenvalue weighted by Gasteiger charge is 2.18. The summed E-state index contributed by atoms with van der Waals surface area (Å²) in [6.45, 7) is 0. The fourth-order valence-electron chi connectivity index (χ4n) is 8.26. The van der Waals surface area contributed by atoms with Crippen molar-refractivity contribution in [1.82, 2.24) is 19.5 Å². The third-order valence-electron chi connectivity index (χ3n) is 10.8. The van der Waals surface area contributed by atoms with Crippen LogP contribution in [-0.4, -0.2) is 19.5 Å². The number of hydrogen-bond donors (Lipinski definition) is 0. The molecule has 256 valence electrons. The van der Waals surface area contributed by atoms with Gasteiger partial charge in [0.1, 0.15) is 0 Å². The van der Waals surface area contributed by atoms with Gasteiger partial charge in [0, 0.05) is 33.2 Å². The fraction of sp³-hybridized carbons (Fsp3) is 0. The largest absolute Gasteiger partial charge is 0.309 e. The summed E-state index contributed by atoms with van der Waals surface area (Å²) >= 11 is 0. The van der Waals surface area contributed by atoms with Crippen LogP contribution in [0.15, 0.2) is 194 Å². The van der Waals surface area contributed by atoms with Gasteiger partial charge in [0.05, 0.1) is 11.0 Å². The molecule has 0 aliphatic rings. The average Bonchev–Trinajstić information content (AvgIpc) is 3.61. The van der Waals surface area contributed by atoms with Crippen LogP contribution in [0.3, 0.4) is 0 Å². The van der Waals surface area contributed by atoms with Crippen LogP contribution in [0.2, 0.25) is 0 Å². The Morgan fingerprint density at radius 3 is 1.18 bits per heavy atom. The van der Waals surface area contributed by atoms with Gasteiger partial charge >= 0.3 is 0 Å². The summed E-state index contributed by atoms with van der Waals surface area (Å²) < 4.78 is 2.37. The van der Waals surface area contributed by atoms with Gasteiger partial charge in [0.2, 0.25) is 0 Å². The van der Waals surface area contributed by atoms with Crippen LogP contribution < -0.4 is 0 Å². The predicted molar refractivity (Wildman–Crippen MR) is 228 cm³/mol. The zero-order chi connectivity index (χ0) is 36.3. The Labute approximate surface area is 317 Å². The second-order valence-corrected chi connectivity index (χ2v) is 14.0. The number of hydrogen-bond acceptors (Lipinski definition) is 3. The number of benzene rings is 9. The van der Waals surface area contributed by atoms with E-state index in [1.165, 1.54) is 43.1 Å². The number of nitrogens with zero attached hydrogens (tertiary/aromatic N) is 4. The van der Waals surface area contributed by atoms with Gasteiger partial charge in [0.15, 0.2) is 17.5 Å². The molecule has 0 amide bonds. The van der Waals surface area contributed by atoms with Crippen molar-refractivity contribution < 1.29 is 0 Å². The molecule has 0 spiro atoms. The van der Waals surface area contributed by atoms with Gasteiger partial charge < -0.3 is 4.57 Å². The van der Waals surface area contributed by atoms with Crippen molar-refractivity contribution >= 4 is 54.1 Å². The highest BCUT2D eigenvalue weighted by atomic mass is 15.0. The lowest BCUT2D eigenvalue weighted by atomic mass is 9.91. The number of fused-ring (bicyclic) bond motifs is 9. The third kappa shape index (κ3) is 5.19. The van der Waals surface area contributed by atoms with Crippen LogP contribution in [0, 0.1) is 0 Å². The van der Waals surface area contributed by atoms with Crippen molar-refractivity contribution in [2.75, 3.05) is 0 Å². The Hall–Kier alpha value is -7.43. The molecule has 0 unspecified atom stereocenters. The van der Waals surface area contributed by atoms with Crippen LogP contribution >= 0.6 is 0 Å². The first kappa shape index (κ1) is 31.1. The first-order valence-electron chi connectivity index (χ1n) is 18.6. The van der Waals surface area contributed by atoms with Gasteiger partial charge in [-0.05, 0) is 79.8 Å². The Morgan fingerprint density at radius 1 is 0.255 bits per heavy atom. The summed E-state index contributed by atoms with van der Waals surface area (Å²) in [7, 11) is 0. The van der Waals surface area contributed by atoms with E-state index in [0.717, 1.165) is 44.5 Å². The SMILES string of the molecule is c1ccc(-c2nc(-c3ccccc3)nc(-c3cc(-c4ccc5c6ccccc6c6ccccc6c5c4)cc(-n4c5ccccc5c5ccccc54)c3)n2)cc1. The van der Waals surface area contributed by atoms with E-state index in [1.54, 1.807) is 0 Å². The molecule has 0 saturated heterocycles.